The number of hydrogen-bond donors (Lipinski definition) is 1. The van der Waals surface area contributed by atoms with Crippen LogP contribution in [0, 0.1) is 6.92 Å². The number of morpholine rings is 1. The number of amides is 1. The van der Waals surface area contributed by atoms with Crippen molar-refractivity contribution >= 4 is 33.3 Å². The molecule has 0 aliphatic carbocycles. The number of nitrogens with one attached hydrogen (secondary N) is 1. The summed E-state index contributed by atoms with van der Waals surface area (Å²) in [5, 5.41) is 5.49. The van der Waals surface area contributed by atoms with Gasteiger partial charge in [-0.3, -0.25) is 14.2 Å². The summed E-state index contributed by atoms with van der Waals surface area (Å²) in [4.78, 5) is 37.5. The van der Waals surface area contributed by atoms with E-state index in [1.165, 1.54) is 27.8 Å². The summed E-state index contributed by atoms with van der Waals surface area (Å²) in [5.41, 5.74) is 3.84. The first kappa shape index (κ1) is 23.2. The summed E-state index contributed by atoms with van der Waals surface area (Å²) in [7, 11) is 0. The van der Waals surface area contributed by atoms with Crippen molar-refractivity contribution in [3.05, 3.63) is 75.8 Å². The average molecular weight is 490 g/mol. The molecule has 8 nitrogen and oxygen atoms in total. The molecule has 0 unspecified atom stereocenters. The minimum Gasteiger partial charge on any atom is -0.378 e. The van der Waals surface area contributed by atoms with Crippen molar-refractivity contribution in [3.8, 4) is 11.1 Å². The molecule has 1 N–H and O–H groups in total. The van der Waals surface area contributed by atoms with Crippen LogP contribution in [0.1, 0.15) is 17.5 Å². The van der Waals surface area contributed by atoms with Crippen LogP contribution in [0.4, 0.5) is 5.82 Å². The number of nitrogens with zero attached hydrogens (tertiary/aromatic N) is 4. The van der Waals surface area contributed by atoms with Crippen molar-refractivity contribution in [2.75, 3.05) is 31.2 Å². The summed E-state index contributed by atoms with van der Waals surface area (Å²) < 4.78 is 6.90. The number of fused-ring (bicyclic) bond motifs is 1. The van der Waals surface area contributed by atoms with E-state index < -0.39 is 0 Å². The minimum absolute atomic E-state index is 0.123. The Morgan fingerprint density at radius 2 is 1.91 bits per heavy atom. The lowest BCUT2D eigenvalue weighted by atomic mass is 10.1. The lowest BCUT2D eigenvalue weighted by Crippen LogP contribution is -2.36. The third kappa shape index (κ3) is 5.26. The zero-order valence-corrected chi connectivity index (χ0v) is 20.4. The molecule has 1 saturated heterocycles. The highest BCUT2D eigenvalue weighted by Crippen LogP contribution is 2.30. The van der Waals surface area contributed by atoms with Gasteiger partial charge in [0, 0.05) is 49.7 Å². The molecule has 9 heteroatoms. The van der Waals surface area contributed by atoms with Gasteiger partial charge in [-0.1, -0.05) is 35.9 Å². The topological polar surface area (TPSA) is 89.3 Å². The van der Waals surface area contributed by atoms with E-state index in [4.69, 9.17) is 4.74 Å². The van der Waals surface area contributed by atoms with Gasteiger partial charge in [-0.05, 0) is 24.1 Å². The van der Waals surface area contributed by atoms with Gasteiger partial charge >= 0.3 is 0 Å². The van der Waals surface area contributed by atoms with Crippen molar-refractivity contribution in [1.29, 1.82) is 0 Å². The van der Waals surface area contributed by atoms with Gasteiger partial charge in [0.05, 0.1) is 24.9 Å². The van der Waals surface area contributed by atoms with Gasteiger partial charge in [-0.25, -0.2) is 9.97 Å². The number of carbonyl (C=O) groups is 1. The Kier molecular flexibility index (Phi) is 6.87. The van der Waals surface area contributed by atoms with E-state index in [2.05, 4.69) is 20.2 Å². The fourth-order valence-electron chi connectivity index (χ4n) is 4.08. The Labute approximate surface area is 207 Å². The fourth-order valence-corrected chi connectivity index (χ4v) is 4.99. The van der Waals surface area contributed by atoms with Crippen molar-refractivity contribution < 1.29 is 9.53 Å². The van der Waals surface area contributed by atoms with Crippen molar-refractivity contribution in [3.63, 3.8) is 0 Å². The summed E-state index contributed by atoms with van der Waals surface area (Å²) in [6, 6.07) is 12.0. The average Bonchev–Trinajstić information content (AvgIpc) is 3.33. The lowest BCUT2D eigenvalue weighted by molar-refractivity contribution is -0.121. The van der Waals surface area contributed by atoms with E-state index >= 15 is 0 Å². The first-order valence-electron chi connectivity index (χ1n) is 11.7. The van der Waals surface area contributed by atoms with Crippen LogP contribution in [-0.2, 0) is 22.6 Å². The Balaban J connectivity index is 1.20. The first-order chi connectivity index (χ1) is 17.1. The van der Waals surface area contributed by atoms with Gasteiger partial charge in [0.2, 0.25) is 5.91 Å². The highest BCUT2D eigenvalue weighted by atomic mass is 32.1. The normalized spacial score (nSPS) is 13.8. The summed E-state index contributed by atoms with van der Waals surface area (Å²) in [6.45, 7) is 5.79. The Morgan fingerprint density at radius 3 is 2.66 bits per heavy atom. The third-order valence-corrected chi connectivity index (χ3v) is 7.02. The van der Waals surface area contributed by atoms with Crippen LogP contribution in [0.2, 0.25) is 0 Å². The number of aromatic nitrogens is 3. The number of anilines is 1. The van der Waals surface area contributed by atoms with Crippen LogP contribution >= 0.6 is 11.3 Å². The molecule has 0 saturated carbocycles. The SMILES string of the molecule is Cc1ccc(-c2csc3ncn(CCC(=O)NCc4ccc(N5CCOCC5)nc4)c(=O)c23)cc1. The number of carbonyl (C=O) groups excluding carboxylic acids is 1. The molecule has 4 aromatic rings. The fraction of sp³-hybridized carbons (Fsp3) is 0.308. The van der Waals surface area contributed by atoms with Crippen molar-refractivity contribution in [1.82, 2.24) is 19.9 Å². The molecule has 4 heterocycles. The molecule has 180 valence electrons. The van der Waals surface area contributed by atoms with Gasteiger partial charge in [0.1, 0.15) is 10.6 Å². The van der Waals surface area contributed by atoms with Gasteiger partial charge in [-0.2, -0.15) is 0 Å². The number of ether oxygens (including phenoxy) is 1. The summed E-state index contributed by atoms with van der Waals surface area (Å²) in [6.07, 6.45) is 3.51. The van der Waals surface area contributed by atoms with E-state index in [-0.39, 0.29) is 24.4 Å². The zero-order valence-electron chi connectivity index (χ0n) is 19.6. The van der Waals surface area contributed by atoms with Crippen LogP contribution in [0.25, 0.3) is 21.3 Å². The smallest absolute Gasteiger partial charge is 0.262 e. The molecule has 1 amide bonds. The van der Waals surface area contributed by atoms with E-state index in [0.29, 0.717) is 30.0 Å². The maximum Gasteiger partial charge on any atom is 0.262 e. The second kappa shape index (κ2) is 10.4. The van der Waals surface area contributed by atoms with E-state index in [1.54, 1.807) is 6.20 Å². The molecule has 35 heavy (non-hydrogen) atoms. The number of thiophene rings is 1. The molecular formula is C26H27N5O3S. The molecule has 1 aliphatic heterocycles. The summed E-state index contributed by atoms with van der Waals surface area (Å²) in [5.74, 6) is 0.794. The number of rotatable bonds is 7. The standard InChI is InChI=1S/C26H27N5O3S/c1-18-2-5-20(6-3-18)21-16-35-25-24(21)26(33)31(17-29-25)9-8-23(32)28-15-19-4-7-22(27-14-19)30-10-12-34-13-11-30/h2-7,14,16-17H,8-13,15H2,1H3,(H,28,32). The van der Waals surface area contributed by atoms with Crippen LogP contribution in [0.15, 0.2) is 59.1 Å². The lowest BCUT2D eigenvalue weighted by Gasteiger charge is -2.27. The van der Waals surface area contributed by atoms with E-state index in [0.717, 1.165) is 35.6 Å². The molecule has 5 rings (SSSR count). The quantitative estimate of drug-likeness (QED) is 0.428. The molecule has 0 atom stereocenters. The number of benzene rings is 1. The van der Waals surface area contributed by atoms with Crippen LogP contribution < -0.4 is 15.8 Å². The third-order valence-electron chi connectivity index (χ3n) is 6.14. The molecule has 1 aliphatic rings. The second-order valence-electron chi connectivity index (χ2n) is 8.59. The number of pyridine rings is 1. The van der Waals surface area contributed by atoms with Crippen molar-refractivity contribution in [2.24, 2.45) is 0 Å². The second-order valence-corrected chi connectivity index (χ2v) is 9.45. The van der Waals surface area contributed by atoms with E-state index in [9.17, 15) is 9.59 Å². The molecule has 0 radical (unpaired) electrons. The molecule has 0 spiro atoms. The molecular weight excluding hydrogens is 462 g/mol. The zero-order chi connectivity index (χ0) is 24.2. The number of hydrogen-bond acceptors (Lipinski definition) is 7. The van der Waals surface area contributed by atoms with Gasteiger partial charge in [0.15, 0.2) is 0 Å². The monoisotopic (exact) mass is 489 g/mol. The first-order valence-corrected chi connectivity index (χ1v) is 12.5. The highest BCUT2D eigenvalue weighted by molar-refractivity contribution is 7.17. The largest absolute Gasteiger partial charge is 0.378 e. The van der Waals surface area contributed by atoms with E-state index in [1.807, 2.05) is 48.7 Å². The predicted octanol–water partition coefficient (Wildman–Crippen LogP) is 3.37. The molecule has 0 bridgehead atoms. The Morgan fingerprint density at radius 1 is 1.11 bits per heavy atom. The minimum atomic E-state index is -0.127. The van der Waals surface area contributed by atoms with Gasteiger partial charge < -0.3 is 15.0 Å². The van der Waals surface area contributed by atoms with Crippen molar-refractivity contribution in [2.45, 2.75) is 26.4 Å². The molecule has 3 aromatic heterocycles. The van der Waals surface area contributed by atoms with Crippen LogP contribution in [-0.4, -0.2) is 46.7 Å². The maximum atomic E-state index is 13.2. The van der Waals surface area contributed by atoms with Crippen LogP contribution in [0.3, 0.4) is 0 Å². The summed E-state index contributed by atoms with van der Waals surface area (Å²) >= 11 is 1.46. The Hall–Kier alpha value is -3.56. The predicted molar refractivity (Wildman–Crippen MR) is 138 cm³/mol. The maximum absolute atomic E-state index is 13.2. The molecule has 1 aromatic carbocycles. The molecule has 1 fully saturated rings. The number of aryl methyl sites for hydroxylation is 2. The van der Waals surface area contributed by atoms with Gasteiger partial charge in [-0.15, -0.1) is 11.3 Å². The Bertz CT molecular complexity index is 1370. The van der Waals surface area contributed by atoms with Gasteiger partial charge in [0.25, 0.3) is 5.56 Å². The highest BCUT2D eigenvalue weighted by Gasteiger charge is 2.15. The van der Waals surface area contributed by atoms with Crippen LogP contribution in [0.5, 0.6) is 0 Å².